The van der Waals surface area contributed by atoms with Gasteiger partial charge in [0.25, 0.3) is 5.91 Å². The van der Waals surface area contributed by atoms with Gasteiger partial charge in [-0.15, -0.1) is 0 Å². The summed E-state index contributed by atoms with van der Waals surface area (Å²) in [5, 5.41) is 10.1. The van der Waals surface area contributed by atoms with Gasteiger partial charge in [-0.2, -0.15) is 0 Å². The Kier molecular flexibility index (Phi) is 6.19. The molecule has 0 atom stereocenters. The number of hydrogen-bond acceptors (Lipinski definition) is 2. The van der Waals surface area contributed by atoms with E-state index in [-0.39, 0.29) is 11.7 Å². The largest absolute Gasteiger partial charge is 0.390 e. The molecule has 0 saturated carbocycles. The van der Waals surface area contributed by atoms with Crippen molar-refractivity contribution in [2.24, 2.45) is 0 Å². The molecule has 1 amide bonds. The molecule has 140 valence electrons. The van der Waals surface area contributed by atoms with Gasteiger partial charge >= 0.3 is 0 Å². The minimum Gasteiger partial charge on any atom is -0.390 e. The number of halogens is 1. The number of benzene rings is 2. The predicted octanol–water partition coefficient (Wildman–Crippen LogP) is 4.60. The molecule has 0 unspecified atom stereocenters. The summed E-state index contributed by atoms with van der Waals surface area (Å²) in [6.45, 7) is 10.5. The van der Waals surface area contributed by atoms with Crippen molar-refractivity contribution in [2.45, 2.75) is 46.6 Å². The summed E-state index contributed by atoms with van der Waals surface area (Å²) in [7, 11) is 0. The molecule has 0 saturated heterocycles. The van der Waals surface area contributed by atoms with E-state index in [1.54, 1.807) is 24.8 Å². The Morgan fingerprint density at radius 1 is 1.08 bits per heavy atom. The van der Waals surface area contributed by atoms with Crippen LogP contribution >= 0.6 is 0 Å². The fourth-order valence-corrected chi connectivity index (χ4v) is 3.13. The second-order valence-corrected chi connectivity index (χ2v) is 7.31. The van der Waals surface area contributed by atoms with Crippen LogP contribution in [0.4, 0.5) is 4.39 Å². The zero-order chi connectivity index (χ0) is 19.5. The number of aliphatic hydroxyl groups is 1. The van der Waals surface area contributed by atoms with Crippen LogP contribution in [0.5, 0.6) is 0 Å². The summed E-state index contributed by atoms with van der Waals surface area (Å²) >= 11 is 0. The maximum Gasteiger partial charge on any atom is 0.253 e. The molecule has 2 rings (SSSR count). The molecule has 0 spiro atoms. The lowest BCUT2D eigenvalue weighted by Gasteiger charge is -2.20. The van der Waals surface area contributed by atoms with Gasteiger partial charge in [-0.05, 0) is 69.5 Å². The Morgan fingerprint density at radius 2 is 1.73 bits per heavy atom. The van der Waals surface area contributed by atoms with Crippen LogP contribution in [0.3, 0.4) is 0 Å². The third-order valence-electron chi connectivity index (χ3n) is 4.49. The topological polar surface area (TPSA) is 40.5 Å². The maximum atomic E-state index is 14.6. The predicted molar refractivity (Wildman–Crippen MR) is 104 cm³/mol. The average molecular weight is 357 g/mol. The molecular formula is C22H28FNO2. The standard InChI is InChI=1S/C22H28FNO2/c1-6-24(7-2)21(25)17-10-11-20(23)19(13-17)18-12-16(9-8-15(18)3)14-22(4,5)26/h8-13,26H,6-7,14H2,1-5H3. The van der Waals surface area contributed by atoms with Crippen molar-refractivity contribution in [3.05, 3.63) is 58.9 Å². The van der Waals surface area contributed by atoms with E-state index in [0.29, 0.717) is 30.6 Å². The highest BCUT2D eigenvalue weighted by Crippen LogP contribution is 2.29. The third-order valence-corrected chi connectivity index (χ3v) is 4.49. The van der Waals surface area contributed by atoms with Crippen molar-refractivity contribution in [3.63, 3.8) is 0 Å². The van der Waals surface area contributed by atoms with E-state index < -0.39 is 5.60 Å². The number of nitrogens with zero attached hydrogens (tertiary/aromatic N) is 1. The Morgan fingerprint density at radius 3 is 2.31 bits per heavy atom. The van der Waals surface area contributed by atoms with Crippen LogP contribution in [0, 0.1) is 12.7 Å². The molecule has 0 bridgehead atoms. The summed E-state index contributed by atoms with van der Waals surface area (Å²) in [4.78, 5) is 14.3. The number of amides is 1. The molecule has 0 aromatic heterocycles. The van der Waals surface area contributed by atoms with Crippen LogP contribution in [-0.2, 0) is 6.42 Å². The van der Waals surface area contributed by atoms with Crippen LogP contribution in [0.15, 0.2) is 36.4 Å². The Balaban J connectivity index is 2.50. The molecular weight excluding hydrogens is 329 g/mol. The highest BCUT2D eigenvalue weighted by Gasteiger charge is 2.18. The second-order valence-electron chi connectivity index (χ2n) is 7.31. The van der Waals surface area contributed by atoms with Gasteiger partial charge in [-0.1, -0.05) is 18.2 Å². The maximum absolute atomic E-state index is 14.6. The molecule has 0 fully saturated rings. The highest BCUT2D eigenvalue weighted by molar-refractivity contribution is 5.95. The normalized spacial score (nSPS) is 11.5. The van der Waals surface area contributed by atoms with Crippen molar-refractivity contribution in [2.75, 3.05) is 13.1 Å². The van der Waals surface area contributed by atoms with Crippen molar-refractivity contribution in [1.82, 2.24) is 4.90 Å². The zero-order valence-electron chi connectivity index (χ0n) is 16.3. The van der Waals surface area contributed by atoms with Gasteiger partial charge in [-0.3, -0.25) is 4.79 Å². The van der Waals surface area contributed by atoms with Crippen LogP contribution in [0.2, 0.25) is 0 Å². The van der Waals surface area contributed by atoms with Crippen molar-refractivity contribution in [3.8, 4) is 11.1 Å². The molecule has 0 aliphatic carbocycles. The Bertz CT molecular complexity index is 789. The first kappa shape index (κ1) is 20.1. The zero-order valence-corrected chi connectivity index (χ0v) is 16.3. The summed E-state index contributed by atoms with van der Waals surface area (Å²) in [5.41, 5.74) is 2.66. The smallest absolute Gasteiger partial charge is 0.253 e. The minimum absolute atomic E-state index is 0.0958. The molecule has 0 aliphatic rings. The Hall–Kier alpha value is -2.20. The number of aryl methyl sites for hydroxylation is 1. The lowest BCUT2D eigenvalue weighted by atomic mass is 9.92. The SMILES string of the molecule is CCN(CC)C(=O)c1ccc(F)c(-c2cc(CC(C)(C)O)ccc2C)c1. The fourth-order valence-electron chi connectivity index (χ4n) is 3.13. The lowest BCUT2D eigenvalue weighted by Crippen LogP contribution is -2.30. The van der Waals surface area contributed by atoms with E-state index in [9.17, 15) is 14.3 Å². The van der Waals surface area contributed by atoms with Crippen LogP contribution < -0.4 is 0 Å². The second kappa shape index (κ2) is 8.00. The first-order valence-electron chi connectivity index (χ1n) is 9.07. The van der Waals surface area contributed by atoms with Gasteiger partial charge in [0.2, 0.25) is 0 Å². The number of hydrogen-bond donors (Lipinski definition) is 1. The van der Waals surface area contributed by atoms with Crippen molar-refractivity contribution >= 4 is 5.91 Å². The molecule has 1 N–H and O–H groups in total. The third kappa shape index (κ3) is 4.70. The first-order chi connectivity index (χ1) is 12.2. The van der Waals surface area contributed by atoms with Crippen molar-refractivity contribution in [1.29, 1.82) is 0 Å². The highest BCUT2D eigenvalue weighted by atomic mass is 19.1. The van der Waals surface area contributed by atoms with Crippen molar-refractivity contribution < 1.29 is 14.3 Å². The van der Waals surface area contributed by atoms with E-state index in [2.05, 4.69) is 0 Å². The lowest BCUT2D eigenvalue weighted by molar-refractivity contribution is 0.0771. The first-order valence-corrected chi connectivity index (χ1v) is 9.07. The number of rotatable bonds is 6. The fraction of sp³-hybridized carbons (Fsp3) is 0.409. The van der Waals surface area contributed by atoms with Gasteiger partial charge in [0.05, 0.1) is 5.60 Å². The van der Waals surface area contributed by atoms with E-state index in [4.69, 9.17) is 0 Å². The summed E-state index contributed by atoms with van der Waals surface area (Å²) in [6, 6.07) is 10.3. The molecule has 0 heterocycles. The summed E-state index contributed by atoms with van der Waals surface area (Å²) < 4.78 is 14.6. The van der Waals surface area contributed by atoms with Gasteiger partial charge < -0.3 is 10.0 Å². The molecule has 2 aromatic carbocycles. The van der Waals surface area contributed by atoms with Gasteiger partial charge in [0.15, 0.2) is 0 Å². The van der Waals surface area contributed by atoms with Gasteiger partial charge in [0, 0.05) is 30.6 Å². The summed E-state index contributed by atoms with van der Waals surface area (Å²) in [5.74, 6) is -0.453. The van der Waals surface area contributed by atoms with Crippen LogP contribution in [-0.4, -0.2) is 34.6 Å². The summed E-state index contributed by atoms with van der Waals surface area (Å²) in [6.07, 6.45) is 0.472. The molecule has 0 radical (unpaired) electrons. The Labute approximate surface area is 155 Å². The molecule has 3 nitrogen and oxygen atoms in total. The van der Waals surface area contributed by atoms with E-state index in [1.807, 2.05) is 39.0 Å². The minimum atomic E-state index is -0.842. The monoisotopic (exact) mass is 357 g/mol. The molecule has 4 heteroatoms. The molecule has 2 aromatic rings. The number of carbonyl (C=O) groups is 1. The number of carbonyl (C=O) groups excluding carboxylic acids is 1. The van der Waals surface area contributed by atoms with Gasteiger partial charge in [-0.25, -0.2) is 4.39 Å². The van der Waals surface area contributed by atoms with E-state index >= 15 is 0 Å². The van der Waals surface area contributed by atoms with Crippen LogP contribution in [0.1, 0.15) is 49.2 Å². The van der Waals surface area contributed by atoms with E-state index in [0.717, 1.165) is 16.7 Å². The van der Waals surface area contributed by atoms with E-state index in [1.165, 1.54) is 12.1 Å². The average Bonchev–Trinajstić information content (AvgIpc) is 2.57. The van der Waals surface area contributed by atoms with Crippen LogP contribution in [0.25, 0.3) is 11.1 Å². The molecule has 26 heavy (non-hydrogen) atoms. The quantitative estimate of drug-likeness (QED) is 0.821. The molecule has 0 aliphatic heterocycles. The van der Waals surface area contributed by atoms with Gasteiger partial charge in [0.1, 0.15) is 5.82 Å².